The molecule has 0 aliphatic heterocycles. The molecule has 0 amide bonds. The molecule has 4 aromatic rings. The number of fused-ring (bicyclic) bond motifs is 3. The van der Waals surface area contributed by atoms with Crippen LogP contribution in [0.4, 0.5) is 5.82 Å². The first-order valence-corrected chi connectivity index (χ1v) is 10.3. The molecule has 0 bridgehead atoms. The van der Waals surface area contributed by atoms with Crippen LogP contribution in [0.2, 0.25) is 0 Å². The smallest absolute Gasteiger partial charge is 0.152 e. The quantitative estimate of drug-likeness (QED) is 0.475. The van der Waals surface area contributed by atoms with E-state index in [0.29, 0.717) is 24.9 Å². The van der Waals surface area contributed by atoms with Crippen molar-refractivity contribution in [3.8, 4) is 0 Å². The van der Waals surface area contributed by atoms with Gasteiger partial charge in [0, 0.05) is 30.9 Å². The molecular weight excluding hydrogens is 374 g/mol. The Hall–Kier alpha value is -3.25. The number of benzene rings is 1. The Kier molecular flexibility index (Phi) is 5.77. The number of nitrogens with two attached hydrogens (primary N) is 1. The zero-order chi connectivity index (χ0) is 21.1. The Morgan fingerprint density at radius 2 is 1.97 bits per heavy atom. The fourth-order valence-electron chi connectivity index (χ4n) is 3.61. The Morgan fingerprint density at radius 1 is 1.13 bits per heavy atom. The van der Waals surface area contributed by atoms with Crippen LogP contribution >= 0.6 is 0 Å². The average molecular weight is 402 g/mol. The van der Waals surface area contributed by atoms with Crippen molar-refractivity contribution < 1.29 is 4.74 Å². The van der Waals surface area contributed by atoms with Crippen LogP contribution in [0, 0.1) is 5.92 Å². The van der Waals surface area contributed by atoms with Crippen molar-refractivity contribution in [2.45, 2.75) is 33.9 Å². The van der Waals surface area contributed by atoms with E-state index in [-0.39, 0.29) is 0 Å². The van der Waals surface area contributed by atoms with Gasteiger partial charge in [0.2, 0.25) is 0 Å². The number of rotatable bonds is 7. The lowest BCUT2D eigenvalue weighted by Crippen LogP contribution is -2.10. The fourth-order valence-corrected chi connectivity index (χ4v) is 3.61. The molecule has 0 aliphatic rings. The van der Waals surface area contributed by atoms with E-state index in [1.165, 1.54) is 0 Å². The molecule has 6 heteroatoms. The summed E-state index contributed by atoms with van der Waals surface area (Å²) in [5.74, 6) is 1.81. The number of ether oxygens (including phenoxy) is 1. The van der Waals surface area contributed by atoms with Gasteiger partial charge in [-0.3, -0.25) is 4.98 Å². The Labute approximate surface area is 176 Å². The highest BCUT2D eigenvalue weighted by molar-refractivity contribution is 6.07. The van der Waals surface area contributed by atoms with E-state index in [1.54, 1.807) is 6.20 Å². The standard InChI is InChI=1S/C24H27N5O/c1-4-30-15-21-28-22-23(29(21)14-16(2)3)19-10-9-17(12-20(19)27-24(22)25)7-8-18-6-5-11-26-13-18/h5-13,16H,4,14-15H2,1-3H3,(H2,25,27)/b8-7+. The molecule has 0 saturated heterocycles. The molecule has 0 spiro atoms. The lowest BCUT2D eigenvalue weighted by molar-refractivity contribution is 0.125. The number of nitrogen functional groups attached to an aromatic ring is 1. The van der Waals surface area contributed by atoms with E-state index in [1.807, 2.05) is 31.3 Å². The largest absolute Gasteiger partial charge is 0.382 e. The van der Waals surface area contributed by atoms with Crippen LogP contribution in [-0.2, 0) is 17.9 Å². The zero-order valence-corrected chi connectivity index (χ0v) is 17.7. The number of nitrogens with zero attached hydrogens (tertiary/aromatic N) is 4. The van der Waals surface area contributed by atoms with Gasteiger partial charge in [-0.05, 0) is 36.1 Å². The molecule has 0 aliphatic carbocycles. The van der Waals surface area contributed by atoms with Crippen molar-refractivity contribution in [3.05, 3.63) is 59.7 Å². The van der Waals surface area contributed by atoms with Gasteiger partial charge in [-0.15, -0.1) is 0 Å². The molecule has 0 fully saturated rings. The number of hydrogen-bond acceptors (Lipinski definition) is 5. The van der Waals surface area contributed by atoms with Crippen molar-refractivity contribution in [1.82, 2.24) is 19.5 Å². The topological polar surface area (TPSA) is 78.8 Å². The third-order valence-corrected chi connectivity index (χ3v) is 4.94. The highest BCUT2D eigenvalue weighted by Crippen LogP contribution is 2.30. The zero-order valence-electron chi connectivity index (χ0n) is 17.7. The van der Waals surface area contributed by atoms with Crippen molar-refractivity contribution in [3.63, 3.8) is 0 Å². The maximum Gasteiger partial charge on any atom is 0.152 e. The van der Waals surface area contributed by atoms with Crippen LogP contribution in [0.25, 0.3) is 34.1 Å². The van der Waals surface area contributed by atoms with Crippen LogP contribution in [-0.4, -0.2) is 26.1 Å². The second-order valence-corrected chi connectivity index (χ2v) is 7.76. The summed E-state index contributed by atoms with van der Waals surface area (Å²) < 4.78 is 7.89. The maximum atomic E-state index is 6.33. The van der Waals surface area contributed by atoms with Crippen LogP contribution in [0.3, 0.4) is 0 Å². The summed E-state index contributed by atoms with van der Waals surface area (Å²) in [7, 11) is 0. The van der Waals surface area contributed by atoms with Gasteiger partial charge in [-0.25, -0.2) is 9.97 Å². The summed E-state index contributed by atoms with van der Waals surface area (Å²) in [5, 5.41) is 1.05. The molecule has 154 valence electrons. The normalized spacial score (nSPS) is 12.0. The minimum Gasteiger partial charge on any atom is -0.382 e. The van der Waals surface area contributed by atoms with Gasteiger partial charge in [0.05, 0.1) is 11.0 Å². The molecule has 4 rings (SSSR count). The summed E-state index contributed by atoms with van der Waals surface area (Å²) in [4.78, 5) is 13.6. The molecule has 0 radical (unpaired) electrons. The second kappa shape index (κ2) is 8.63. The first kappa shape index (κ1) is 20.0. The first-order valence-electron chi connectivity index (χ1n) is 10.3. The third kappa shape index (κ3) is 4.04. The third-order valence-electron chi connectivity index (χ3n) is 4.94. The van der Waals surface area contributed by atoms with E-state index >= 15 is 0 Å². The molecule has 6 nitrogen and oxygen atoms in total. The lowest BCUT2D eigenvalue weighted by Gasteiger charge is -2.13. The number of imidazole rings is 1. The monoisotopic (exact) mass is 401 g/mol. The SMILES string of the molecule is CCOCc1nc2c(N)nc3cc(/C=C/c4cccnc4)ccc3c2n1CC(C)C. The number of pyridine rings is 2. The Morgan fingerprint density at radius 3 is 2.70 bits per heavy atom. The lowest BCUT2D eigenvalue weighted by atomic mass is 10.1. The highest BCUT2D eigenvalue weighted by atomic mass is 16.5. The fraction of sp³-hybridized carbons (Fsp3) is 0.292. The van der Waals surface area contributed by atoms with Gasteiger partial charge in [-0.2, -0.15) is 0 Å². The van der Waals surface area contributed by atoms with Crippen LogP contribution in [0.15, 0.2) is 42.7 Å². The molecule has 0 unspecified atom stereocenters. The summed E-state index contributed by atoms with van der Waals surface area (Å²) in [6.45, 7) is 8.34. The van der Waals surface area contributed by atoms with Crippen LogP contribution < -0.4 is 5.73 Å². The highest BCUT2D eigenvalue weighted by Gasteiger charge is 2.18. The van der Waals surface area contributed by atoms with Gasteiger partial charge in [0.1, 0.15) is 17.9 Å². The van der Waals surface area contributed by atoms with E-state index in [0.717, 1.165) is 45.4 Å². The van der Waals surface area contributed by atoms with Crippen molar-refractivity contribution in [2.75, 3.05) is 12.3 Å². The molecule has 1 aromatic carbocycles. The van der Waals surface area contributed by atoms with E-state index < -0.39 is 0 Å². The van der Waals surface area contributed by atoms with Gasteiger partial charge >= 0.3 is 0 Å². The summed E-state index contributed by atoms with van der Waals surface area (Å²) >= 11 is 0. The molecule has 3 aromatic heterocycles. The maximum absolute atomic E-state index is 6.33. The predicted octanol–water partition coefficient (Wildman–Crippen LogP) is 4.92. The molecular formula is C24H27N5O. The van der Waals surface area contributed by atoms with E-state index in [9.17, 15) is 0 Å². The molecule has 0 saturated carbocycles. The molecule has 2 N–H and O–H groups in total. The molecule has 0 atom stereocenters. The van der Waals surface area contributed by atoms with Crippen molar-refractivity contribution in [2.24, 2.45) is 5.92 Å². The van der Waals surface area contributed by atoms with Gasteiger partial charge in [0.15, 0.2) is 5.82 Å². The predicted molar refractivity (Wildman–Crippen MR) is 123 cm³/mol. The minimum atomic E-state index is 0.450. The van der Waals surface area contributed by atoms with Crippen LogP contribution in [0.1, 0.15) is 37.7 Å². The number of hydrogen-bond donors (Lipinski definition) is 1. The van der Waals surface area contributed by atoms with E-state index in [2.05, 4.69) is 52.7 Å². The van der Waals surface area contributed by atoms with Crippen molar-refractivity contribution >= 4 is 39.9 Å². The summed E-state index contributed by atoms with van der Waals surface area (Å²) in [6.07, 6.45) is 7.71. The Balaban J connectivity index is 1.83. The number of anilines is 1. The number of aromatic nitrogens is 4. The first-order chi connectivity index (χ1) is 14.6. The van der Waals surface area contributed by atoms with Crippen LogP contribution in [0.5, 0.6) is 0 Å². The molecule has 3 heterocycles. The van der Waals surface area contributed by atoms with Crippen molar-refractivity contribution in [1.29, 1.82) is 0 Å². The van der Waals surface area contributed by atoms with Gasteiger partial charge < -0.3 is 15.0 Å². The van der Waals surface area contributed by atoms with E-state index in [4.69, 9.17) is 15.5 Å². The summed E-state index contributed by atoms with van der Waals surface area (Å²) in [6, 6.07) is 10.2. The van der Waals surface area contributed by atoms with Gasteiger partial charge in [-0.1, -0.05) is 44.2 Å². The Bertz CT molecular complexity index is 1190. The summed E-state index contributed by atoms with van der Waals surface area (Å²) in [5.41, 5.74) is 11.1. The average Bonchev–Trinajstić information content (AvgIpc) is 3.10. The molecule has 30 heavy (non-hydrogen) atoms. The second-order valence-electron chi connectivity index (χ2n) is 7.76. The minimum absolute atomic E-state index is 0.450. The van der Waals surface area contributed by atoms with Gasteiger partial charge in [0.25, 0.3) is 0 Å².